The number of amides is 3. The van der Waals surface area contributed by atoms with Gasteiger partial charge in [-0.3, -0.25) is 14.4 Å². The lowest BCUT2D eigenvalue weighted by Crippen LogP contribution is -2.55. The predicted molar refractivity (Wildman–Crippen MR) is 121 cm³/mol. The van der Waals surface area contributed by atoms with Crippen LogP contribution in [0.4, 0.5) is 0 Å². The van der Waals surface area contributed by atoms with Gasteiger partial charge in [0.2, 0.25) is 11.8 Å². The third-order valence-corrected chi connectivity index (χ3v) is 5.87. The fourth-order valence-electron chi connectivity index (χ4n) is 3.76. The summed E-state index contributed by atoms with van der Waals surface area (Å²) in [4.78, 5) is 40.1. The minimum atomic E-state index is -0.633. The SMILES string of the molecule is CCC(C)NC(=O)C(NC(=O)c1ccc(OC)cc1)C1CCN(C(=O)CC(C)C)CC1. The lowest BCUT2D eigenvalue weighted by Gasteiger charge is -2.36. The van der Waals surface area contributed by atoms with Crippen LogP contribution >= 0.6 is 0 Å². The summed E-state index contributed by atoms with van der Waals surface area (Å²) in [5, 5.41) is 5.96. The van der Waals surface area contributed by atoms with Gasteiger partial charge in [-0.15, -0.1) is 0 Å². The molecule has 1 aromatic rings. The highest BCUT2D eigenvalue weighted by atomic mass is 16.5. The third kappa shape index (κ3) is 7.26. The fraction of sp³-hybridized carbons (Fsp3) is 0.625. The number of ether oxygens (including phenoxy) is 1. The number of piperidine rings is 1. The van der Waals surface area contributed by atoms with Crippen molar-refractivity contribution in [2.75, 3.05) is 20.2 Å². The number of carbonyl (C=O) groups excluding carboxylic acids is 3. The molecule has 0 spiro atoms. The van der Waals surface area contributed by atoms with Gasteiger partial charge in [0.1, 0.15) is 11.8 Å². The summed E-state index contributed by atoms with van der Waals surface area (Å²) in [5.74, 6) is 0.684. The molecule has 2 rings (SSSR count). The topological polar surface area (TPSA) is 87.7 Å². The van der Waals surface area contributed by atoms with Crippen LogP contribution in [0.2, 0.25) is 0 Å². The second kappa shape index (κ2) is 11.7. The Bertz CT molecular complexity index is 740. The standard InChI is InChI=1S/C24H37N3O4/c1-6-17(4)25-24(30)22(26-23(29)19-7-9-20(31-5)10-8-19)18-11-13-27(14-12-18)21(28)15-16(2)3/h7-10,16-18,22H,6,11-15H2,1-5H3,(H,25,30)(H,26,29). The maximum atomic E-state index is 13.0. The van der Waals surface area contributed by atoms with Crippen molar-refractivity contribution in [1.82, 2.24) is 15.5 Å². The largest absolute Gasteiger partial charge is 0.497 e. The van der Waals surface area contributed by atoms with Crippen LogP contribution < -0.4 is 15.4 Å². The van der Waals surface area contributed by atoms with E-state index in [1.807, 2.05) is 32.6 Å². The minimum Gasteiger partial charge on any atom is -0.497 e. The number of benzene rings is 1. The molecule has 0 aromatic heterocycles. The number of nitrogens with one attached hydrogen (secondary N) is 2. The zero-order valence-corrected chi connectivity index (χ0v) is 19.4. The molecule has 172 valence electrons. The fourth-order valence-corrected chi connectivity index (χ4v) is 3.76. The van der Waals surface area contributed by atoms with Gasteiger partial charge in [0.15, 0.2) is 0 Å². The Labute approximate surface area is 185 Å². The van der Waals surface area contributed by atoms with E-state index in [0.29, 0.717) is 49.6 Å². The van der Waals surface area contributed by atoms with E-state index in [1.165, 1.54) is 0 Å². The number of likely N-dealkylation sites (tertiary alicyclic amines) is 1. The van der Waals surface area contributed by atoms with Crippen LogP contribution in [0, 0.1) is 11.8 Å². The van der Waals surface area contributed by atoms with E-state index in [4.69, 9.17) is 4.74 Å². The molecule has 1 aliphatic heterocycles. The van der Waals surface area contributed by atoms with Gasteiger partial charge < -0.3 is 20.3 Å². The Morgan fingerprint density at radius 3 is 2.19 bits per heavy atom. The summed E-state index contributed by atoms with van der Waals surface area (Å²) >= 11 is 0. The number of hydrogen-bond acceptors (Lipinski definition) is 4. The second-order valence-electron chi connectivity index (χ2n) is 8.81. The van der Waals surface area contributed by atoms with Gasteiger partial charge in [0, 0.05) is 31.1 Å². The van der Waals surface area contributed by atoms with Crippen LogP contribution in [0.3, 0.4) is 0 Å². The van der Waals surface area contributed by atoms with Gasteiger partial charge in [-0.05, 0) is 62.3 Å². The maximum absolute atomic E-state index is 13.0. The lowest BCUT2D eigenvalue weighted by molar-refractivity contribution is -0.133. The zero-order valence-electron chi connectivity index (χ0n) is 19.4. The quantitative estimate of drug-likeness (QED) is 0.629. The normalized spacial score (nSPS) is 16.5. The van der Waals surface area contributed by atoms with Crippen LogP contribution in [0.1, 0.15) is 63.7 Å². The monoisotopic (exact) mass is 431 g/mol. The van der Waals surface area contributed by atoms with Gasteiger partial charge in [-0.25, -0.2) is 0 Å². The van der Waals surface area contributed by atoms with E-state index in [9.17, 15) is 14.4 Å². The molecule has 1 saturated heterocycles. The van der Waals surface area contributed by atoms with Crippen molar-refractivity contribution >= 4 is 17.7 Å². The number of rotatable bonds is 9. The first-order chi connectivity index (χ1) is 14.7. The highest BCUT2D eigenvalue weighted by molar-refractivity contribution is 5.97. The molecular formula is C24H37N3O4. The van der Waals surface area contributed by atoms with Gasteiger partial charge in [-0.2, -0.15) is 0 Å². The van der Waals surface area contributed by atoms with Crippen molar-refractivity contribution in [3.63, 3.8) is 0 Å². The van der Waals surface area contributed by atoms with Crippen molar-refractivity contribution < 1.29 is 19.1 Å². The van der Waals surface area contributed by atoms with E-state index < -0.39 is 6.04 Å². The van der Waals surface area contributed by atoms with Crippen molar-refractivity contribution in [1.29, 1.82) is 0 Å². The van der Waals surface area contributed by atoms with Gasteiger partial charge in [0.25, 0.3) is 5.91 Å². The van der Waals surface area contributed by atoms with Crippen molar-refractivity contribution in [2.24, 2.45) is 11.8 Å². The Balaban J connectivity index is 2.09. The molecule has 1 fully saturated rings. The second-order valence-corrected chi connectivity index (χ2v) is 8.81. The van der Waals surface area contributed by atoms with E-state index in [2.05, 4.69) is 10.6 Å². The lowest BCUT2D eigenvalue weighted by atomic mass is 9.88. The Morgan fingerprint density at radius 1 is 1.06 bits per heavy atom. The summed E-state index contributed by atoms with van der Waals surface area (Å²) < 4.78 is 5.14. The Hall–Kier alpha value is -2.57. The number of carbonyl (C=O) groups is 3. The van der Waals surface area contributed by atoms with Gasteiger partial charge >= 0.3 is 0 Å². The first-order valence-electron chi connectivity index (χ1n) is 11.3. The molecule has 0 bridgehead atoms. The van der Waals surface area contributed by atoms with E-state index in [-0.39, 0.29) is 29.7 Å². The van der Waals surface area contributed by atoms with Crippen molar-refractivity contribution in [3.8, 4) is 5.75 Å². The van der Waals surface area contributed by atoms with E-state index in [1.54, 1.807) is 31.4 Å². The molecule has 1 aromatic carbocycles. The predicted octanol–water partition coefficient (Wildman–Crippen LogP) is 2.99. The molecular weight excluding hydrogens is 394 g/mol. The van der Waals surface area contributed by atoms with Crippen molar-refractivity contribution in [2.45, 2.75) is 65.5 Å². The van der Waals surface area contributed by atoms with Crippen LogP contribution in [-0.2, 0) is 9.59 Å². The highest BCUT2D eigenvalue weighted by Crippen LogP contribution is 2.23. The van der Waals surface area contributed by atoms with Crippen LogP contribution in [0.25, 0.3) is 0 Å². The first kappa shape index (κ1) is 24.7. The summed E-state index contributed by atoms with van der Waals surface area (Å²) in [5.41, 5.74) is 0.478. The zero-order chi connectivity index (χ0) is 23.0. The Morgan fingerprint density at radius 2 is 1.68 bits per heavy atom. The average molecular weight is 432 g/mol. The molecule has 3 amide bonds. The maximum Gasteiger partial charge on any atom is 0.251 e. The molecule has 0 radical (unpaired) electrons. The van der Waals surface area contributed by atoms with Gasteiger partial charge in [-0.1, -0.05) is 20.8 Å². The van der Waals surface area contributed by atoms with Crippen LogP contribution in [0.5, 0.6) is 5.75 Å². The summed E-state index contributed by atoms with van der Waals surface area (Å²) in [6, 6.07) is 6.21. The number of methoxy groups -OCH3 is 1. The van der Waals surface area contributed by atoms with E-state index in [0.717, 1.165) is 6.42 Å². The number of hydrogen-bond donors (Lipinski definition) is 2. The first-order valence-corrected chi connectivity index (χ1v) is 11.3. The van der Waals surface area contributed by atoms with Crippen LogP contribution in [-0.4, -0.2) is 54.9 Å². The summed E-state index contributed by atoms with van der Waals surface area (Å²) in [6.45, 7) is 9.26. The van der Waals surface area contributed by atoms with Crippen LogP contribution in [0.15, 0.2) is 24.3 Å². The molecule has 1 heterocycles. The number of nitrogens with zero attached hydrogens (tertiary/aromatic N) is 1. The molecule has 2 N–H and O–H groups in total. The minimum absolute atomic E-state index is 0.0191. The third-order valence-electron chi connectivity index (χ3n) is 5.87. The molecule has 0 aliphatic carbocycles. The average Bonchev–Trinajstić information content (AvgIpc) is 2.76. The van der Waals surface area contributed by atoms with Gasteiger partial charge in [0.05, 0.1) is 7.11 Å². The smallest absolute Gasteiger partial charge is 0.251 e. The van der Waals surface area contributed by atoms with Crippen molar-refractivity contribution in [3.05, 3.63) is 29.8 Å². The molecule has 1 aliphatic rings. The molecule has 0 saturated carbocycles. The molecule has 7 heteroatoms. The highest BCUT2D eigenvalue weighted by Gasteiger charge is 2.34. The van der Waals surface area contributed by atoms with E-state index >= 15 is 0 Å². The molecule has 7 nitrogen and oxygen atoms in total. The molecule has 2 atom stereocenters. The summed E-state index contributed by atoms with van der Waals surface area (Å²) in [7, 11) is 1.57. The Kier molecular flexibility index (Phi) is 9.34. The summed E-state index contributed by atoms with van der Waals surface area (Å²) in [6.07, 6.45) is 2.72. The molecule has 2 unspecified atom stereocenters. The molecule has 31 heavy (non-hydrogen) atoms.